The maximum Gasteiger partial charge on any atom is 0.290 e. The molecule has 1 unspecified atom stereocenters. The molecule has 0 saturated heterocycles. The number of benzene rings is 2. The molecule has 150 valence electrons. The summed E-state index contributed by atoms with van der Waals surface area (Å²) in [5.74, 6) is -0.0808. The second-order valence-corrected chi connectivity index (χ2v) is 7.44. The molecule has 1 aliphatic heterocycles. The van der Waals surface area contributed by atoms with Crippen LogP contribution in [0.25, 0.3) is 11.0 Å². The van der Waals surface area contributed by atoms with Crippen molar-refractivity contribution in [2.45, 2.75) is 32.4 Å². The maximum atomic E-state index is 13.3. The molecule has 2 heterocycles. The zero-order chi connectivity index (χ0) is 20.5. The first kappa shape index (κ1) is 19.2. The molecule has 1 aliphatic rings. The van der Waals surface area contributed by atoms with Crippen LogP contribution in [-0.2, 0) is 4.74 Å². The Labute approximate surface area is 168 Å². The zero-order valence-corrected chi connectivity index (χ0v) is 16.4. The summed E-state index contributed by atoms with van der Waals surface area (Å²) in [5.41, 5.74) is 1.31. The minimum Gasteiger partial charge on any atom is -0.508 e. The number of ether oxygens (including phenoxy) is 1. The molecule has 0 aliphatic carbocycles. The van der Waals surface area contributed by atoms with E-state index in [2.05, 4.69) is 0 Å². The van der Waals surface area contributed by atoms with Gasteiger partial charge in [0.05, 0.1) is 23.1 Å². The van der Waals surface area contributed by atoms with Gasteiger partial charge in [-0.05, 0) is 50.1 Å². The Balaban J connectivity index is 1.79. The van der Waals surface area contributed by atoms with Gasteiger partial charge in [-0.15, -0.1) is 0 Å². The van der Waals surface area contributed by atoms with E-state index >= 15 is 0 Å². The molecule has 1 aromatic heterocycles. The Morgan fingerprint density at radius 1 is 1.10 bits per heavy atom. The highest BCUT2D eigenvalue weighted by atomic mass is 16.5. The largest absolute Gasteiger partial charge is 0.508 e. The number of amides is 1. The standard InChI is InChI=1S/C23H23NO5/c1-14(2)28-13-5-12-24-20(15-8-10-16(25)11-9-15)19-21(26)17-6-3-4-7-18(17)29-22(19)23(24)27/h3-4,6-11,14,20,25H,5,12-13H2,1-2H3. The third kappa shape index (κ3) is 3.51. The third-order valence-corrected chi connectivity index (χ3v) is 5.08. The number of rotatable bonds is 6. The van der Waals surface area contributed by atoms with Crippen LogP contribution < -0.4 is 5.43 Å². The van der Waals surface area contributed by atoms with Crippen molar-refractivity contribution < 1.29 is 19.1 Å². The van der Waals surface area contributed by atoms with E-state index in [-0.39, 0.29) is 28.9 Å². The van der Waals surface area contributed by atoms with E-state index in [1.165, 1.54) is 0 Å². The molecule has 6 heteroatoms. The number of fused-ring (bicyclic) bond motifs is 2. The predicted octanol–water partition coefficient (Wildman–Crippen LogP) is 3.86. The number of carbonyl (C=O) groups excluding carboxylic acids is 1. The summed E-state index contributed by atoms with van der Waals surface area (Å²) >= 11 is 0. The molecular formula is C23H23NO5. The van der Waals surface area contributed by atoms with E-state index in [0.29, 0.717) is 36.1 Å². The SMILES string of the molecule is CC(C)OCCCN1C(=O)c2oc3ccccc3c(=O)c2C1c1ccc(O)cc1. The van der Waals surface area contributed by atoms with Gasteiger partial charge in [-0.25, -0.2) is 0 Å². The molecule has 0 bridgehead atoms. The fourth-order valence-electron chi connectivity index (χ4n) is 3.75. The molecule has 1 N–H and O–H groups in total. The van der Waals surface area contributed by atoms with Gasteiger partial charge in [0.15, 0.2) is 5.43 Å². The summed E-state index contributed by atoms with van der Waals surface area (Å²) in [6.45, 7) is 4.87. The quantitative estimate of drug-likeness (QED) is 0.643. The van der Waals surface area contributed by atoms with Gasteiger partial charge in [-0.3, -0.25) is 9.59 Å². The lowest BCUT2D eigenvalue weighted by atomic mass is 9.98. The molecule has 4 rings (SSSR count). The number of phenolic OH excluding ortho intramolecular Hbond substituents is 1. The number of para-hydroxylation sites is 1. The second kappa shape index (κ2) is 7.72. The zero-order valence-electron chi connectivity index (χ0n) is 16.4. The van der Waals surface area contributed by atoms with Crippen molar-refractivity contribution in [3.63, 3.8) is 0 Å². The molecule has 0 spiro atoms. The van der Waals surface area contributed by atoms with Crippen LogP contribution >= 0.6 is 0 Å². The van der Waals surface area contributed by atoms with Gasteiger partial charge in [0.1, 0.15) is 11.3 Å². The van der Waals surface area contributed by atoms with Crippen molar-refractivity contribution in [3.8, 4) is 5.75 Å². The predicted molar refractivity (Wildman–Crippen MR) is 109 cm³/mol. The number of hydrogen-bond acceptors (Lipinski definition) is 5. The van der Waals surface area contributed by atoms with Crippen molar-refractivity contribution in [1.82, 2.24) is 4.90 Å². The van der Waals surface area contributed by atoms with E-state index in [9.17, 15) is 14.7 Å². The fraction of sp³-hybridized carbons (Fsp3) is 0.304. The van der Waals surface area contributed by atoms with Crippen LogP contribution in [0.3, 0.4) is 0 Å². The Kier molecular flexibility index (Phi) is 5.11. The monoisotopic (exact) mass is 393 g/mol. The highest BCUT2D eigenvalue weighted by Crippen LogP contribution is 2.38. The highest BCUT2D eigenvalue weighted by Gasteiger charge is 2.42. The molecule has 2 aromatic carbocycles. The lowest BCUT2D eigenvalue weighted by molar-refractivity contribution is 0.0593. The molecule has 1 atom stereocenters. The highest BCUT2D eigenvalue weighted by molar-refractivity contribution is 5.99. The van der Waals surface area contributed by atoms with Gasteiger partial charge in [0.25, 0.3) is 5.91 Å². The summed E-state index contributed by atoms with van der Waals surface area (Å²) in [6.07, 6.45) is 0.753. The van der Waals surface area contributed by atoms with Crippen LogP contribution in [0.4, 0.5) is 0 Å². The van der Waals surface area contributed by atoms with Crippen LogP contribution in [0.2, 0.25) is 0 Å². The molecule has 0 fully saturated rings. The molecular weight excluding hydrogens is 370 g/mol. The van der Waals surface area contributed by atoms with Crippen LogP contribution in [-0.4, -0.2) is 35.2 Å². The van der Waals surface area contributed by atoms with Crippen molar-refractivity contribution >= 4 is 16.9 Å². The smallest absolute Gasteiger partial charge is 0.290 e. The van der Waals surface area contributed by atoms with E-state index in [4.69, 9.17) is 9.15 Å². The van der Waals surface area contributed by atoms with E-state index in [1.807, 2.05) is 13.8 Å². The van der Waals surface area contributed by atoms with Crippen LogP contribution in [0.5, 0.6) is 5.75 Å². The van der Waals surface area contributed by atoms with E-state index < -0.39 is 6.04 Å². The van der Waals surface area contributed by atoms with E-state index in [0.717, 1.165) is 5.56 Å². The normalized spacial score (nSPS) is 16.0. The van der Waals surface area contributed by atoms with Gasteiger partial charge >= 0.3 is 0 Å². The van der Waals surface area contributed by atoms with Gasteiger partial charge in [0.2, 0.25) is 5.76 Å². The Morgan fingerprint density at radius 3 is 2.55 bits per heavy atom. The summed E-state index contributed by atoms with van der Waals surface area (Å²) in [6, 6.07) is 13.0. The van der Waals surface area contributed by atoms with Crippen LogP contribution in [0.15, 0.2) is 57.7 Å². The Hall–Kier alpha value is -3.12. The third-order valence-electron chi connectivity index (χ3n) is 5.08. The van der Waals surface area contributed by atoms with Gasteiger partial charge in [-0.2, -0.15) is 0 Å². The molecule has 29 heavy (non-hydrogen) atoms. The minimum absolute atomic E-state index is 0.0940. The van der Waals surface area contributed by atoms with Gasteiger partial charge in [-0.1, -0.05) is 24.3 Å². The van der Waals surface area contributed by atoms with Crippen molar-refractivity contribution in [3.05, 3.63) is 75.6 Å². The average Bonchev–Trinajstić information content (AvgIpc) is 2.98. The Morgan fingerprint density at radius 2 is 1.83 bits per heavy atom. The van der Waals surface area contributed by atoms with Crippen molar-refractivity contribution in [2.75, 3.05) is 13.2 Å². The second-order valence-electron chi connectivity index (χ2n) is 7.44. The van der Waals surface area contributed by atoms with Crippen LogP contribution in [0.1, 0.15) is 48.0 Å². The summed E-state index contributed by atoms with van der Waals surface area (Å²) in [7, 11) is 0. The van der Waals surface area contributed by atoms with Crippen molar-refractivity contribution in [2.24, 2.45) is 0 Å². The first-order valence-electron chi connectivity index (χ1n) is 9.74. The number of carbonyl (C=O) groups is 1. The molecule has 6 nitrogen and oxygen atoms in total. The average molecular weight is 393 g/mol. The Bertz CT molecular complexity index is 1100. The van der Waals surface area contributed by atoms with Gasteiger partial charge in [0, 0.05) is 13.2 Å². The summed E-state index contributed by atoms with van der Waals surface area (Å²) in [4.78, 5) is 28.1. The molecule has 1 amide bonds. The first-order valence-corrected chi connectivity index (χ1v) is 9.74. The fourth-order valence-corrected chi connectivity index (χ4v) is 3.75. The number of aromatic hydroxyl groups is 1. The lowest BCUT2D eigenvalue weighted by Crippen LogP contribution is -2.31. The number of phenols is 1. The molecule has 0 radical (unpaired) electrons. The summed E-state index contributed by atoms with van der Waals surface area (Å²) < 4.78 is 11.5. The molecule has 3 aromatic rings. The van der Waals surface area contributed by atoms with E-state index in [1.54, 1.807) is 53.4 Å². The number of nitrogens with zero attached hydrogens (tertiary/aromatic N) is 1. The number of hydrogen-bond donors (Lipinski definition) is 1. The lowest BCUT2D eigenvalue weighted by Gasteiger charge is -2.25. The van der Waals surface area contributed by atoms with Crippen molar-refractivity contribution in [1.29, 1.82) is 0 Å². The van der Waals surface area contributed by atoms with Gasteiger partial charge < -0.3 is 19.2 Å². The summed E-state index contributed by atoms with van der Waals surface area (Å²) in [5, 5.41) is 10.1. The minimum atomic E-state index is -0.557. The maximum absolute atomic E-state index is 13.3. The first-order chi connectivity index (χ1) is 14.0. The van der Waals surface area contributed by atoms with Crippen LogP contribution in [0, 0.1) is 0 Å². The molecule has 0 saturated carbocycles. The topological polar surface area (TPSA) is 80.0 Å².